The highest BCUT2D eigenvalue weighted by Crippen LogP contribution is 2.44. The summed E-state index contributed by atoms with van der Waals surface area (Å²) in [5.74, 6) is 0. The third-order valence-electron chi connectivity index (χ3n) is 5.40. The summed E-state index contributed by atoms with van der Waals surface area (Å²) in [6.07, 6.45) is 9.39. The molecule has 0 saturated carbocycles. The van der Waals surface area contributed by atoms with Crippen LogP contribution in [-0.4, -0.2) is 19.6 Å². The van der Waals surface area contributed by atoms with Crippen LogP contribution in [0.2, 0.25) is 0 Å². The van der Waals surface area contributed by atoms with Crippen LogP contribution >= 0.6 is 0 Å². The number of anilines is 1. The molecule has 19 heavy (non-hydrogen) atoms. The summed E-state index contributed by atoms with van der Waals surface area (Å²) in [6, 6.07) is 7.26. The molecular weight excluding hydrogens is 232 g/mol. The van der Waals surface area contributed by atoms with E-state index in [4.69, 9.17) is 0 Å². The Kier molecular flexibility index (Phi) is 2.80. The molecule has 1 spiro atoms. The number of aryl methyl sites for hydroxylation is 1. The Morgan fingerprint density at radius 1 is 1.00 bits per heavy atom. The number of hydrogen-bond acceptors (Lipinski definition) is 2. The van der Waals surface area contributed by atoms with Crippen molar-refractivity contribution >= 4 is 5.69 Å². The predicted molar refractivity (Wildman–Crippen MR) is 79.7 cm³/mol. The Bertz CT molecular complexity index is 468. The van der Waals surface area contributed by atoms with Crippen LogP contribution in [0, 0.1) is 0 Å². The van der Waals surface area contributed by atoms with Crippen molar-refractivity contribution < 1.29 is 0 Å². The molecule has 0 aromatic heterocycles. The van der Waals surface area contributed by atoms with Gasteiger partial charge in [-0.25, -0.2) is 0 Å². The van der Waals surface area contributed by atoms with E-state index in [0.717, 1.165) is 0 Å². The topological polar surface area (TPSA) is 15.3 Å². The Labute approximate surface area is 116 Å². The van der Waals surface area contributed by atoms with Gasteiger partial charge in [0.2, 0.25) is 0 Å². The maximum atomic E-state index is 3.80. The monoisotopic (exact) mass is 256 g/mol. The summed E-state index contributed by atoms with van der Waals surface area (Å²) < 4.78 is 0. The fourth-order valence-electron chi connectivity index (χ4n) is 4.31. The van der Waals surface area contributed by atoms with E-state index < -0.39 is 0 Å². The zero-order valence-electron chi connectivity index (χ0n) is 11.8. The molecule has 2 nitrogen and oxygen atoms in total. The van der Waals surface area contributed by atoms with Crippen LogP contribution in [0.5, 0.6) is 0 Å². The number of hydrogen-bond donors (Lipinski definition) is 1. The van der Waals surface area contributed by atoms with Crippen molar-refractivity contribution in [1.82, 2.24) is 5.32 Å². The van der Waals surface area contributed by atoms with Crippen LogP contribution in [-0.2, 0) is 12.0 Å². The van der Waals surface area contributed by atoms with Gasteiger partial charge in [0.1, 0.15) is 0 Å². The first kappa shape index (κ1) is 11.8. The van der Waals surface area contributed by atoms with E-state index in [9.17, 15) is 0 Å². The number of piperidine rings is 1. The van der Waals surface area contributed by atoms with Crippen LogP contribution in [0.25, 0.3) is 0 Å². The maximum absolute atomic E-state index is 3.80. The number of nitrogens with zero attached hydrogens (tertiary/aromatic N) is 1. The molecule has 0 bridgehead atoms. The standard InChI is InChI=1S/C17H24N2/c1-2-11-19(12-3-1)15-6-5-14-7-9-17(16(14)13-15)8-4-10-18-17/h5-6,13,18H,1-4,7-12H2/t17-/m1/s1. The lowest BCUT2D eigenvalue weighted by atomic mass is 9.90. The van der Waals surface area contributed by atoms with Gasteiger partial charge in [-0.1, -0.05) is 6.07 Å². The molecule has 2 heterocycles. The zero-order valence-corrected chi connectivity index (χ0v) is 11.8. The van der Waals surface area contributed by atoms with Gasteiger partial charge < -0.3 is 10.2 Å². The molecular formula is C17H24N2. The molecule has 2 saturated heterocycles. The highest BCUT2D eigenvalue weighted by molar-refractivity contribution is 5.55. The van der Waals surface area contributed by atoms with Crippen LogP contribution in [0.15, 0.2) is 18.2 Å². The highest BCUT2D eigenvalue weighted by atomic mass is 15.1. The summed E-state index contributed by atoms with van der Waals surface area (Å²) >= 11 is 0. The van der Waals surface area contributed by atoms with Gasteiger partial charge in [-0.15, -0.1) is 0 Å². The van der Waals surface area contributed by atoms with Gasteiger partial charge in [-0.3, -0.25) is 0 Å². The lowest BCUT2D eigenvalue weighted by Crippen LogP contribution is -2.35. The molecule has 2 heteroatoms. The molecule has 1 aromatic carbocycles. The minimum atomic E-state index is 0.334. The Morgan fingerprint density at radius 3 is 2.68 bits per heavy atom. The van der Waals surface area contributed by atoms with Crippen molar-refractivity contribution in [2.75, 3.05) is 24.5 Å². The number of rotatable bonds is 1. The first-order valence-electron chi connectivity index (χ1n) is 8.01. The van der Waals surface area contributed by atoms with Crippen molar-refractivity contribution in [3.63, 3.8) is 0 Å². The number of nitrogens with one attached hydrogen (secondary N) is 1. The lowest BCUT2D eigenvalue weighted by molar-refractivity contribution is 0.389. The van der Waals surface area contributed by atoms with Crippen LogP contribution in [0.1, 0.15) is 49.7 Å². The first-order valence-corrected chi connectivity index (χ1v) is 8.01. The maximum Gasteiger partial charge on any atom is 0.0441 e. The largest absolute Gasteiger partial charge is 0.372 e. The molecule has 1 aromatic rings. The molecule has 102 valence electrons. The summed E-state index contributed by atoms with van der Waals surface area (Å²) in [4.78, 5) is 2.59. The first-order chi connectivity index (χ1) is 9.37. The van der Waals surface area contributed by atoms with E-state index in [1.165, 1.54) is 70.3 Å². The Morgan fingerprint density at radius 2 is 1.89 bits per heavy atom. The molecule has 0 amide bonds. The fourth-order valence-corrected chi connectivity index (χ4v) is 4.31. The quantitative estimate of drug-likeness (QED) is 0.830. The Balaban J connectivity index is 1.68. The Hall–Kier alpha value is -1.02. The van der Waals surface area contributed by atoms with Crippen molar-refractivity contribution in [2.24, 2.45) is 0 Å². The third kappa shape index (κ3) is 1.88. The molecule has 1 N–H and O–H groups in total. The van der Waals surface area contributed by atoms with Gasteiger partial charge in [0.05, 0.1) is 0 Å². The predicted octanol–water partition coefficient (Wildman–Crippen LogP) is 3.20. The number of fused-ring (bicyclic) bond motifs is 2. The van der Waals surface area contributed by atoms with E-state index in [1.807, 2.05) is 0 Å². The molecule has 2 fully saturated rings. The lowest BCUT2D eigenvalue weighted by Gasteiger charge is -2.31. The van der Waals surface area contributed by atoms with Crippen LogP contribution in [0.4, 0.5) is 5.69 Å². The van der Waals surface area contributed by atoms with Crippen LogP contribution in [0.3, 0.4) is 0 Å². The van der Waals surface area contributed by atoms with E-state index in [1.54, 1.807) is 11.1 Å². The van der Waals surface area contributed by atoms with Gasteiger partial charge in [0.25, 0.3) is 0 Å². The van der Waals surface area contributed by atoms with E-state index in [0.29, 0.717) is 5.54 Å². The van der Waals surface area contributed by atoms with E-state index in [-0.39, 0.29) is 0 Å². The van der Waals surface area contributed by atoms with Gasteiger partial charge >= 0.3 is 0 Å². The van der Waals surface area contributed by atoms with Crippen molar-refractivity contribution in [1.29, 1.82) is 0 Å². The smallest absolute Gasteiger partial charge is 0.0441 e. The average molecular weight is 256 g/mol. The van der Waals surface area contributed by atoms with Gasteiger partial charge in [-0.05, 0) is 74.8 Å². The van der Waals surface area contributed by atoms with Gasteiger partial charge in [0.15, 0.2) is 0 Å². The van der Waals surface area contributed by atoms with E-state index >= 15 is 0 Å². The number of benzene rings is 1. The molecule has 0 radical (unpaired) electrons. The van der Waals surface area contributed by atoms with Crippen molar-refractivity contribution in [2.45, 2.75) is 50.5 Å². The average Bonchev–Trinajstić information content (AvgIpc) is 3.09. The third-order valence-corrected chi connectivity index (χ3v) is 5.40. The summed E-state index contributed by atoms with van der Waals surface area (Å²) in [5, 5.41) is 3.80. The SMILES string of the molecule is c1cc2c(cc1N1CCCCC1)[C@@]1(CCCN1)CC2. The molecule has 4 rings (SSSR count). The normalized spacial score (nSPS) is 30.0. The second kappa shape index (κ2) is 4.52. The fraction of sp³-hybridized carbons (Fsp3) is 0.647. The second-order valence-electron chi connectivity index (χ2n) is 6.50. The second-order valence-corrected chi connectivity index (χ2v) is 6.50. The molecule has 0 unspecified atom stereocenters. The summed E-state index contributed by atoms with van der Waals surface area (Å²) in [5.41, 5.74) is 5.01. The van der Waals surface area contributed by atoms with Gasteiger partial charge in [0, 0.05) is 24.3 Å². The van der Waals surface area contributed by atoms with Crippen molar-refractivity contribution in [3.8, 4) is 0 Å². The van der Waals surface area contributed by atoms with E-state index in [2.05, 4.69) is 28.4 Å². The summed E-state index contributed by atoms with van der Waals surface area (Å²) in [6.45, 7) is 3.70. The van der Waals surface area contributed by atoms with Crippen LogP contribution < -0.4 is 10.2 Å². The molecule has 2 aliphatic heterocycles. The molecule has 1 aliphatic carbocycles. The molecule has 3 aliphatic rings. The van der Waals surface area contributed by atoms with Gasteiger partial charge in [-0.2, -0.15) is 0 Å². The minimum absolute atomic E-state index is 0.334. The molecule has 1 atom stereocenters. The highest BCUT2D eigenvalue weighted by Gasteiger charge is 2.40. The summed E-state index contributed by atoms with van der Waals surface area (Å²) in [7, 11) is 0. The minimum Gasteiger partial charge on any atom is -0.372 e. The van der Waals surface area contributed by atoms with Crippen molar-refractivity contribution in [3.05, 3.63) is 29.3 Å². The zero-order chi connectivity index (χ0) is 12.7.